The zero-order valence-corrected chi connectivity index (χ0v) is 17.8. The fraction of sp³-hybridized carbons (Fsp3) is 0.0400. The predicted molar refractivity (Wildman–Crippen MR) is 125 cm³/mol. The number of thiazole rings is 1. The van der Waals surface area contributed by atoms with Gasteiger partial charge in [-0.15, -0.1) is 11.3 Å². The third-order valence-corrected chi connectivity index (χ3v) is 5.92. The number of halogens is 1. The summed E-state index contributed by atoms with van der Waals surface area (Å²) in [6, 6.07) is 24.6. The molecule has 2 aromatic heterocycles. The minimum atomic E-state index is -0.423. The highest BCUT2D eigenvalue weighted by Gasteiger charge is 2.13. The summed E-state index contributed by atoms with van der Waals surface area (Å²) in [5.41, 5.74) is 3.31. The SMILES string of the molecule is O=c1oc2cc(OCc3cccc(Cl)c3)ccc2cc1-c1nc(-c2ccccc2)cs1. The van der Waals surface area contributed by atoms with E-state index in [1.54, 1.807) is 6.07 Å². The lowest BCUT2D eigenvalue weighted by atomic mass is 10.1. The van der Waals surface area contributed by atoms with Crippen LogP contribution in [0.4, 0.5) is 0 Å². The summed E-state index contributed by atoms with van der Waals surface area (Å²) >= 11 is 7.44. The Bertz CT molecular complexity index is 1430. The first-order valence-corrected chi connectivity index (χ1v) is 10.9. The molecule has 0 atom stereocenters. The molecule has 0 N–H and O–H groups in total. The van der Waals surface area contributed by atoms with Crippen molar-refractivity contribution in [1.29, 1.82) is 0 Å². The van der Waals surface area contributed by atoms with E-state index in [0.29, 0.717) is 33.5 Å². The van der Waals surface area contributed by atoms with Gasteiger partial charge in [0.05, 0.1) is 11.3 Å². The van der Waals surface area contributed by atoms with Crippen LogP contribution in [0, 0.1) is 0 Å². The summed E-state index contributed by atoms with van der Waals surface area (Å²) in [5, 5.41) is 4.05. The Labute approximate surface area is 187 Å². The van der Waals surface area contributed by atoms with Crippen LogP contribution in [0.25, 0.3) is 32.8 Å². The highest BCUT2D eigenvalue weighted by molar-refractivity contribution is 7.13. The molecule has 31 heavy (non-hydrogen) atoms. The third-order valence-electron chi connectivity index (χ3n) is 4.81. The molecule has 3 aromatic carbocycles. The van der Waals surface area contributed by atoms with Crippen molar-refractivity contribution in [3.8, 4) is 27.6 Å². The molecular formula is C25H16ClNO3S. The van der Waals surface area contributed by atoms with Gasteiger partial charge in [0.25, 0.3) is 0 Å². The molecule has 0 aliphatic rings. The van der Waals surface area contributed by atoms with Crippen molar-refractivity contribution in [3.05, 3.63) is 105 Å². The van der Waals surface area contributed by atoms with Crippen LogP contribution in [0.2, 0.25) is 5.02 Å². The van der Waals surface area contributed by atoms with Crippen LogP contribution in [0.1, 0.15) is 5.56 Å². The van der Waals surface area contributed by atoms with E-state index >= 15 is 0 Å². The third kappa shape index (κ3) is 4.24. The number of fused-ring (bicyclic) bond motifs is 1. The largest absolute Gasteiger partial charge is 0.489 e. The van der Waals surface area contributed by atoms with Crippen molar-refractivity contribution in [2.75, 3.05) is 0 Å². The standard InChI is InChI=1S/C25H16ClNO3S/c26-19-8-4-5-16(11-19)14-29-20-10-9-18-12-21(25(28)30-23(18)13-20)24-27-22(15-31-24)17-6-2-1-3-7-17/h1-13,15H,14H2. The highest BCUT2D eigenvalue weighted by atomic mass is 35.5. The number of aromatic nitrogens is 1. The molecule has 4 nitrogen and oxygen atoms in total. The second-order valence-corrected chi connectivity index (χ2v) is 8.26. The molecule has 0 bridgehead atoms. The number of benzene rings is 3. The highest BCUT2D eigenvalue weighted by Crippen LogP contribution is 2.30. The van der Waals surface area contributed by atoms with Gasteiger partial charge in [-0.05, 0) is 35.9 Å². The molecule has 5 aromatic rings. The average Bonchev–Trinajstić information content (AvgIpc) is 3.28. The fourth-order valence-electron chi connectivity index (χ4n) is 3.26. The Hall–Kier alpha value is -3.41. The van der Waals surface area contributed by atoms with E-state index in [1.807, 2.05) is 78.2 Å². The smallest absolute Gasteiger partial charge is 0.346 e. The normalized spacial score (nSPS) is 11.0. The first kappa shape index (κ1) is 19.5. The van der Waals surface area contributed by atoms with Crippen LogP contribution in [0.3, 0.4) is 0 Å². The Balaban J connectivity index is 1.42. The van der Waals surface area contributed by atoms with Crippen molar-refractivity contribution >= 4 is 33.9 Å². The monoisotopic (exact) mass is 445 g/mol. The molecule has 0 aliphatic carbocycles. The van der Waals surface area contributed by atoms with Gasteiger partial charge in [0.15, 0.2) is 0 Å². The van der Waals surface area contributed by atoms with Gasteiger partial charge in [0, 0.05) is 27.4 Å². The zero-order valence-electron chi connectivity index (χ0n) is 16.2. The molecule has 0 amide bonds. The molecule has 5 rings (SSSR count). The van der Waals surface area contributed by atoms with E-state index in [9.17, 15) is 4.79 Å². The molecular weight excluding hydrogens is 430 g/mol. The lowest BCUT2D eigenvalue weighted by molar-refractivity contribution is 0.306. The van der Waals surface area contributed by atoms with Crippen LogP contribution in [-0.4, -0.2) is 4.98 Å². The maximum Gasteiger partial charge on any atom is 0.346 e. The van der Waals surface area contributed by atoms with E-state index in [1.165, 1.54) is 11.3 Å². The number of rotatable bonds is 5. The van der Waals surface area contributed by atoms with Gasteiger partial charge >= 0.3 is 5.63 Å². The summed E-state index contributed by atoms with van der Waals surface area (Å²) in [5.74, 6) is 0.615. The Kier molecular flexibility index (Phi) is 5.28. The first-order chi connectivity index (χ1) is 15.2. The molecule has 6 heteroatoms. The van der Waals surface area contributed by atoms with E-state index in [0.717, 1.165) is 22.2 Å². The van der Waals surface area contributed by atoms with Crippen LogP contribution in [0.15, 0.2) is 93.5 Å². The zero-order chi connectivity index (χ0) is 21.2. The lowest BCUT2D eigenvalue weighted by Crippen LogP contribution is -2.02. The average molecular weight is 446 g/mol. The molecule has 0 fully saturated rings. The van der Waals surface area contributed by atoms with Crippen molar-refractivity contribution in [1.82, 2.24) is 4.98 Å². The predicted octanol–water partition coefficient (Wildman–Crippen LogP) is 6.82. The maximum absolute atomic E-state index is 12.7. The second kappa shape index (κ2) is 8.38. The number of hydrogen-bond donors (Lipinski definition) is 0. The van der Waals surface area contributed by atoms with E-state index in [2.05, 4.69) is 4.98 Å². The van der Waals surface area contributed by atoms with Gasteiger partial charge in [-0.1, -0.05) is 54.1 Å². The van der Waals surface area contributed by atoms with Crippen LogP contribution < -0.4 is 10.4 Å². The molecule has 152 valence electrons. The Morgan fingerprint density at radius 1 is 0.968 bits per heavy atom. The minimum Gasteiger partial charge on any atom is -0.489 e. The van der Waals surface area contributed by atoms with Crippen LogP contribution in [0.5, 0.6) is 5.75 Å². The maximum atomic E-state index is 12.7. The molecule has 0 saturated carbocycles. The molecule has 0 radical (unpaired) electrons. The van der Waals surface area contributed by atoms with Crippen molar-refractivity contribution in [2.24, 2.45) is 0 Å². The molecule has 0 spiro atoms. The van der Waals surface area contributed by atoms with Crippen molar-refractivity contribution in [3.63, 3.8) is 0 Å². The van der Waals surface area contributed by atoms with Crippen LogP contribution in [-0.2, 0) is 6.61 Å². The second-order valence-electron chi connectivity index (χ2n) is 6.97. The quantitative estimate of drug-likeness (QED) is 0.278. The van der Waals surface area contributed by atoms with Crippen LogP contribution >= 0.6 is 22.9 Å². The summed E-state index contributed by atoms with van der Waals surface area (Å²) in [6.45, 7) is 0.371. The van der Waals surface area contributed by atoms with E-state index in [-0.39, 0.29) is 0 Å². The van der Waals surface area contributed by atoms with Gasteiger partial charge < -0.3 is 9.15 Å². The molecule has 2 heterocycles. The van der Waals surface area contributed by atoms with Gasteiger partial charge in [-0.3, -0.25) is 0 Å². The summed E-state index contributed by atoms with van der Waals surface area (Å²) in [4.78, 5) is 17.3. The van der Waals surface area contributed by atoms with Crippen molar-refractivity contribution in [2.45, 2.75) is 6.61 Å². The fourth-order valence-corrected chi connectivity index (χ4v) is 4.31. The Morgan fingerprint density at radius 3 is 2.68 bits per heavy atom. The van der Waals surface area contributed by atoms with E-state index < -0.39 is 5.63 Å². The van der Waals surface area contributed by atoms with E-state index in [4.69, 9.17) is 20.8 Å². The summed E-state index contributed by atoms with van der Waals surface area (Å²) in [7, 11) is 0. The molecule has 0 aliphatic heterocycles. The number of ether oxygens (including phenoxy) is 1. The minimum absolute atomic E-state index is 0.371. The number of nitrogens with zero attached hydrogens (tertiary/aromatic N) is 1. The summed E-state index contributed by atoms with van der Waals surface area (Å²) < 4.78 is 11.4. The lowest BCUT2D eigenvalue weighted by Gasteiger charge is -2.07. The molecule has 0 unspecified atom stereocenters. The molecule has 0 saturated heterocycles. The van der Waals surface area contributed by atoms with Gasteiger partial charge in [0.1, 0.15) is 22.9 Å². The van der Waals surface area contributed by atoms with Gasteiger partial charge in [-0.2, -0.15) is 0 Å². The summed E-state index contributed by atoms with van der Waals surface area (Å²) in [6.07, 6.45) is 0. The van der Waals surface area contributed by atoms with Crippen molar-refractivity contribution < 1.29 is 9.15 Å². The van der Waals surface area contributed by atoms with Gasteiger partial charge in [-0.25, -0.2) is 9.78 Å². The topological polar surface area (TPSA) is 52.3 Å². The Morgan fingerprint density at radius 2 is 1.84 bits per heavy atom. The first-order valence-electron chi connectivity index (χ1n) is 9.62. The van der Waals surface area contributed by atoms with Gasteiger partial charge in [0.2, 0.25) is 0 Å². The number of hydrogen-bond acceptors (Lipinski definition) is 5.